The van der Waals surface area contributed by atoms with Gasteiger partial charge < -0.3 is 4.90 Å². The van der Waals surface area contributed by atoms with Crippen molar-refractivity contribution in [2.24, 2.45) is 0 Å². The molecule has 0 saturated heterocycles. The van der Waals surface area contributed by atoms with Gasteiger partial charge in [-0.15, -0.1) is 11.3 Å². The first-order chi connectivity index (χ1) is 31.7. The number of hydrogen-bond donors (Lipinski definition) is 0. The molecule has 11 aromatic rings. The summed E-state index contributed by atoms with van der Waals surface area (Å²) in [6.07, 6.45) is 7.71. The van der Waals surface area contributed by atoms with Crippen LogP contribution in [0.3, 0.4) is 0 Å². The quantitative estimate of drug-likeness (QED) is 0.138. The number of thiophene rings is 1. The van der Waals surface area contributed by atoms with Crippen LogP contribution < -0.4 is 4.90 Å². The van der Waals surface area contributed by atoms with Gasteiger partial charge in [-0.25, -0.2) is 0 Å². The molecule has 0 aliphatic heterocycles. The first kappa shape index (κ1) is 37.9. The van der Waals surface area contributed by atoms with Gasteiger partial charge in [0.2, 0.25) is 0 Å². The van der Waals surface area contributed by atoms with E-state index in [2.05, 4.69) is 254 Å². The van der Waals surface area contributed by atoms with Crippen LogP contribution in [0, 0.1) is 0 Å². The standard InChI is InChI=1S/C62H43NS/c1-3-18-43(19-4-1)51-24-11-13-30-58(51)62(41-16-15-29-57(62)46-20-5-2-6-21-46)63(48-37-33-44(34-38-48)52-28-17-32-60-61(52)55-27-12-14-31-59(55)64-60)49-39-35-45(36-40-49)56-42-47-22-7-8-23-50(47)53-25-9-10-26-54(53)56/h1-40,42H,41H2. The number of nitrogens with zero attached hydrogens (tertiary/aromatic N) is 1. The van der Waals surface area contributed by atoms with E-state index in [0.29, 0.717) is 0 Å². The molecule has 0 spiro atoms. The maximum atomic E-state index is 2.63. The van der Waals surface area contributed by atoms with Crippen molar-refractivity contribution in [1.82, 2.24) is 0 Å². The highest BCUT2D eigenvalue weighted by atomic mass is 32.1. The second-order valence-electron chi connectivity index (χ2n) is 16.7. The van der Waals surface area contributed by atoms with Crippen LogP contribution in [0.5, 0.6) is 0 Å². The number of anilines is 2. The van der Waals surface area contributed by atoms with E-state index in [9.17, 15) is 0 Å². The highest BCUT2D eigenvalue weighted by Crippen LogP contribution is 2.54. The molecule has 302 valence electrons. The molecule has 1 nitrogen and oxygen atoms in total. The zero-order valence-electron chi connectivity index (χ0n) is 35.2. The third-order valence-corrected chi connectivity index (χ3v) is 14.4. The highest BCUT2D eigenvalue weighted by Gasteiger charge is 2.45. The lowest BCUT2D eigenvalue weighted by Gasteiger charge is -2.49. The Hall–Kier alpha value is -7.78. The van der Waals surface area contributed by atoms with Crippen LogP contribution in [0.25, 0.3) is 80.7 Å². The van der Waals surface area contributed by atoms with E-state index in [-0.39, 0.29) is 0 Å². The summed E-state index contributed by atoms with van der Waals surface area (Å²) in [6.45, 7) is 0. The Kier molecular flexibility index (Phi) is 9.39. The van der Waals surface area contributed by atoms with Crippen LogP contribution in [0.2, 0.25) is 0 Å². The SMILES string of the molecule is C1=CCC(c2ccccc2-c2ccccc2)(N(c2ccc(-c3cc4ccccc4c4ccccc34)cc2)c2ccc(-c3cccc4sc5ccccc5c34)cc2)C(c2ccccc2)=C1. The van der Waals surface area contributed by atoms with Crippen molar-refractivity contribution >= 4 is 70.0 Å². The lowest BCUT2D eigenvalue weighted by atomic mass is 9.70. The van der Waals surface area contributed by atoms with Crippen molar-refractivity contribution < 1.29 is 0 Å². The fourth-order valence-corrected chi connectivity index (χ4v) is 11.5. The van der Waals surface area contributed by atoms with Gasteiger partial charge in [-0.05, 0) is 121 Å². The van der Waals surface area contributed by atoms with Gasteiger partial charge in [0.25, 0.3) is 0 Å². The van der Waals surface area contributed by atoms with E-state index in [0.717, 1.165) is 17.8 Å². The normalized spacial score (nSPS) is 14.9. The Morgan fingerprint density at radius 1 is 0.391 bits per heavy atom. The van der Waals surface area contributed by atoms with Crippen molar-refractivity contribution in [3.8, 4) is 33.4 Å². The molecule has 1 aliphatic carbocycles. The molecule has 64 heavy (non-hydrogen) atoms. The van der Waals surface area contributed by atoms with E-state index in [1.54, 1.807) is 0 Å². The Balaban J connectivity index is 1.10. The number of hydrogen-bond acceptors (Lipinski definition) is 2. The molecule has 0 radical (unpaired) electrons. The van der Waals surface area contributed by atoms with Crippen molar-refractivity contribution in [2.75, 3.05) is 4.90 Å². The van der Waals surface area contributed by atoms with Gasteiger partial charge in [-0.2, -0.15) is 0 Å². The van der Waals surface area contributed by atoms with Crippen LogP contribution in [0.4, 0.5) is 11.4 Å². The molecule has 2 heteroatoms. The minimum atomic E-state index is -0.648. The third-order valence-electron chi connectivity index (χ3n) is 13.2. The molecule has 1 atom stereocenters. The van der Waals surface area contributed by atoms with E-state index >= 15 is 0 Å². The third kappa shape index (κ3) is 6.29. The molecule has 12 rings (SSSR count). The zero-order valence-corrected chi connectivity index (χ0v) is 36.1. The number of fused-ring (bicyclic) bond motifs is 6. The molecule has 0 N–H and O–H groups in total. The summed E-state index contributed by atoms with van der Waals surface area (Å²) in [6, 6.07) is 85.1. The van der Waals surface area contributed by atoms with Crippen molar-refractivity contribution in [3.05, 3.63) is 260 Å². The van der Waals surface area contributed by atoms with Crippen molar-refractivity contribution in [2.45, 2.75) is 12.0 Å². The van der Waals surface area contributed by atoms with E-state index in [1.165, 1.54) is 91.8 Å². The van der Waals surface area contributed by atoms with E-state index in [4.69, 9.17) is 0 Å². The fraction of sp³-hybridized carbons (Fsp3) is 0.0323. The van der Waals surface area contributed by atoms with Crippen LogP contribution >= 0.6 is 11.3 Å². The Morgan fingerprint density at radius 2 is 0.938 bits per heavy atom. The highest BCUT2D eigenvalue weighted by molar-refractivity contribution is 7.25. The molecule has 1 heterocycles. The molecule has 0 bridgehead atoms. The van der Waals surface area contributed by atoms with Gasteiger partial charge in [-0.3, -0.25) is 0 Å². The largest absolute Gasteiger partial charge is 0.327 e. The van der Waals surface area contributed by atoms with Crippen LogP contribution in [0.15, 0.2) is 249 Å². The van der Waals surface area contributed by atoms with E-state index in [1.807, 2.05) is 11.3 Å². The summed E-state index contributed by atoms with van der Waals surface area (Å²) in [5, 5.41) is 7.69. The molecule has 10 aromatic carbocycles. The van der Waals surface area contributed by atoms with Crippen molar-refractivity contribution in [1.29, 1.82) is 0 Å². The summed E-state index contributed by atoms with van der Waals surface area (Å²) >= 11 is 1.87. The average molecular weight is 834 g/mol. The minimum Gasteiger partial charge on any atom is -0.327 e. The summed E-state index contributed by atoms with van der Waals surface area (Å²) in [5.41, 5.74) is 12.6. The predicted molar refractivity (Wildman–Crippen MR) is 276 cm³/mol. The lowest BCUT2D eigenvalue weighted by Crippen LogP contribution is -2.45. The molecular weight excluding hydrogens is 791 g/mol. The maximum Gasteiger partial charge on any atom is 0.100 e. The maximum absolute atomic E-state index is 2.63. The topological polar surface area (TPSA) is 3.24 Å². The molecule has 1 unspecified atom stereocenters. The molecular formula is C62H43NS. The Morgan fingerprint density at radius 3 is 1.69 bits per heavy atom. The fourth-order valence-electron chi connectivity index (χ4n) is 10.4. The van der Waals surface area contributed by atoms with Gasteiger partial charge in [0, 0.05) is 31.5 Å². The van der Waals surface area contributed by atoms with Gasteiger partial charge in [-0.1, -0.05) is 206 Å². The number of rotatable bonds is 8. The zero-order chi connectivity index (χ0) is 42.5. The average Bonchev–Trinajstić information content (AvgIpc) is 3.76. The predicted octanol–water partition coefficient (Wildman–Crippen LogP) is 17.4. The molecule has 1 aliphatic rings. The van der Waals surface area contributed by atoms with Crippen LogP contribution in [-0.4, -0.2) is 0 Å². The van der Waals surface area contributed by atoms with Gasteiger partial charge in [0.1, 0.15) is 5.54 Å². The summed E-state index contributed by atoms with van der Waals surface area (Å²) in [7, 11) is 0. The van der Waals surface area contributed by atoms with Gasteiger partial charge >= 0.3 is 0 Å². The Labute approximate surface area is 378 Å². The smallest absolute Gasteiger partial charge is 0.100 e. The second-order valence-corrected chi connectivity index (χ2v) is 17.8. The van der Waals surface area contributed by atoms with Crippen LogP contribution in [0.1, 0.15) is 17.5 Å². The molecule has 1 aromatic heterocycles. The monoisotopic (exact) mass is 833 g/mol. The molecule has 0 amide bonds. The lowest BCUT2D eigenvalue weighted by molar-refractivity contribution is 0.568. The summed E-state index contributed by atoms with van der Waals surface area (Å²) < 4.78 is 2.63. The summed E-state index contributed by atoms with van der Waals surface area (Å²) in [4.78, 5) is 2.63. The van der Waals surface area contributed by atoms with Crippen molar-refractivity contribution in [3.63, 3.8) is 0 Å². The minimum absolute atomic E-state index is 0.648. The molecule has 0 saturated carbocycles. The van der Waals surface area contributed by atoms with E-state index < -0.39 is 5.54 Å². The second kappa shape index (κ2) is 15.8. The Bertz CT molecular complexity index is 3560. The first-order valence-electron chi connectivity index (χ1n) is 22.1. The van der Waals surface area contributed by atoms with Crippen LogP contribution in [-0.2, 0) is 5.54 Å². The first-order valence-corrected chi connectivity index (χ1v) is 23.0. The van der Waals surface area contributed by atoms with Gasteiger partial charge in [0.15, 0.2) is 0 Å². The number of benzene rings is 10. The summed E-state index contributed by atoms with van der Waals surface area (Å²) in [5.74, 6) is 0. The van der Waals surface area contributed by atoms with Gasteiger partial charge in [0.05, 0.1) is 0 Å². The molecule has 0 fully saturated rings. The number of allylic oxidation sites excluding steroid dienone is 2.